The molecule has 98 valence electrons. The molecule has 2 rings (SSSR count). The van der Waals surface area contributed by atoms with Gasteiger partial charge >= 0.3 is 0 Å². The highest BCUT2D eigenvalue weighted by Gasteiger charge is 2.24. The van der Waals surface area contributed by atoms with Crippen molar-refractivity contribution in [2.75, 3.05) is 20.3 Å². The molecule has 0 spiro atoms. The van der Waals surface area contributed by atoms with Gasteiger partial charge in [-0.25, -0.2) is 0 Å². The highest BCUT2D eigenvalue weighted by Crippen LogP contribution is 2.23. The molecule has 1 aliphatic heterocycles. The molecule has 0 aliphatic carbocycles. The van der Waals surface area contributed by atoms with E-state index in [1.807, 2.05) is 30.1 Å². The van der Waals surface area contributed by atoms with E-state index in [0.717, 1.165) is 39.7 Å². The molecule has 0 aromatic heterocycles. The molecule has 1 amide bonds. The van der Waals surface area contributed by atoms with Crippen molar-refractivity contribution in [3.63, 3.8) is 0 Å². The maximum Gasteiger partial charge on any atom is 0.255 e. The molecule has 18 heavy (non-hydrogen) atoms. The van der Waals surface area contributed by atoms with Gasteiger partial charge in [-0.1, -0.05) is 0 Å². The molecule has 1 heterocycles. The van der Waals surface area contributed by atoms with Crippen molar-refractivity contribution in [2.24, 2.45) is 0 Å². The molecule has 1 fully saturated rings. The summed E-state index contributed by atoms with van der Waals surface area (Å²) in [6.07, 6.45) is 1.84. The summed E-state index contributed by atoms with van der Waals surface area (Å²) in [5.74, 6) is 0.0762. The Balaban J connectivity index is 2.16. The number of halogens is 2. The van der Waals surface area contributed by atoms with E-state index < -0.39 is 0 Å². The highest BCUT2D eigenvalue weighted by atomic mass is 127. The average Bonchev–Trinajstić information content (AvgIpc) is 2.41. The van der Waals surface area contributed by atoms with E-state index in [1.54, 1.807) is 0 Å². The summed E-state index contributed by atoms with van der Waals surface area (Å²) in [5.41, 5.74) is 0.732. The zero-order chi connectivity index (χ0) is 13.1. The van der Waals surface area contributed by atoms with E-state index >= 15 is 0 Å². The number of benzene rings is 1. The van der Waals surface area contributed by atoms with E-state index in [4.69, 9.17) is 4.74 Å². The first-order valence-electron chi connectivity index (χ1n) is 5.89. The summed E-state index contributed by atoms with van der Waals surface area (Å²) in [7, 11) is 1.88. The Hall–Kier alpha value is -0.140. The maximum absolute atomic E-state index is 12.5. The van der Waals surface area contributed by atoms with Gasteiger partial charge in [-0.05, 0) is 69.6 Å². The lowest BCUT2D eigenvalue weighted by Gasteiger charge is -2.31. The van der Waals surface area contributed by atoms with Gasteiger partial charge in [-0.15, -0.1) is 0 Å². The van der Waals surface area contributed by atoms with E-state index in [2.05, 4.69) is 38.5 Å². The largest absolute Gasteiger partial charge is 0.381 e. The van der Waals surface area contributed by atoms with Crippen LogP contribution in [0.1, 0.15) is 23.2 Å². The van der Waals surface area contributed by atoms with Gasteiger partial charge in [0.05, 0.1) is 5.56 Å². The Kier molecular flexibility index (Phi) is 5.03. The van der Waals surface area contributed by atoms with Crippen molar-refractivity contribution in [2.45, 2.75) is 18.9 Å². The van der Waals surface area contributed by atoms with Crippen LogP contribution in [0.2, 0.25) is 0 Å². The lowest BCUT2D eigenvalue weighted by atomic mass is 10.1. The normalized spacial score (nSPS) is 16.6. The van der Waals surface area contributed by atoms with Crippen LogP contribution in [0.15, 0.2) is 22.7 Å². The topological polar surface area (TPSA) is 29.5 Å². The first-order valence-corrected chi connectivity index (χ1v) is 7.76. The molecule has 0 bridgehead atoms. The molecule has 3 nitrogen and oxygen atoms in total. The second kappa shape index (κ2) is 6.34. The van der Waals surface area contributed by atoms with Crippen molar-refractivity contribution in [3.05, 3.63) is 31.8 Å². The monoisotopic (exact) mass is 423 g/mol. The third-order valence-corrected chi connectivity index (χ3v) is 4.58. The standard InChI is InChI=1S/C13H15BrINO2/c1-16(10-4-6-18-7-5-10)13(17)11-8-9(15)2-3-12(11)14/h2-3,8,10H,4-7H2,1H3. The Labute approximate surface area is 129 Å². The van der Waals surface area contributed by atoms with Crippen molar-refractivity contribution < 1.29 is 9.53 Å². The fraction of sp³-hybridized carbons (Fsp3) is 0.462. The van der Waals surface area contributed by atoms with Crippen LogP contribution in [0.5, 0.6) is 0 Å². The number of nitrogens with zero attached hydrogens (tertiary/aromatic N) is 1. The third-order valence-electron chi connectivity index (χ3n) is 3.22. The molecular formula is C13H15BrINO2. The lowest BCUT2D eigenvalue weighted by molar-refractivity contribution is 0.0361. The van der Waals surface area contributed by atoms with Gasteiger partial charge in [0.1, 0.15) is 0 Å². The third kappa shape index (κ3) is 3.24. The molecule has 0 unspecified atom stereocenters. The second-order valence-corrected chi connectivity index (χ2v) is 6.48. The van der Waals surface area contributed by atoms with Crippen LogP contribution in [0.3, 0.4) is 0 Å². The van der Waals surface area contributed by atoms with Crippen LogP contribution >= 0.6 is 38.5 Å². The van der Waals surface area contributed by atoms with E-state index in [1.165, 1.54) is 0 Å². The van der Waals surface area contributed by atoms with E-state index in [9.17, 15) is 4.79 Å². The van der Waals surface area contributed by atoms with Crippen molar-refractivity contribution in [1.82, 2.24) is 4.90 Å². The Morgan fingerprint density at radius 2 is 2.11 bits per heavy atom. The number of hydrogen-bond donors (Lipinski definition) is 0. The number of amides is 1. The predicted molar refractivity (Wildman–Crippen MR) is 82.8 cm³/mol. The fourth-order valence-corrected chi connectivity index (χ4v) is 3.00. The predicted octanol–water partition coefficient (Wildman–Crippen LogP) is 3.30. The summed E-state index contributed by atoms with van der Waals surface area (Å²) in [4.78, 5) is 14.3. The average molecular weight is 424 g/mol. The molecule has 0 saturated carbocycles. The van der Waals surface area contributed by atoms with Crippen molar-refractivity contribution >= 4 is 44.4 Å². The lowest BCUT2D eigenvalue weighted by Crippen LogP contribution is -2.40. The number of rotatable bonds is 2. The molecular weight excluding hydrogens is 409 g/mol. The van der Waals surface area contributed by atoms with Gasteiger partial charge in [0.2, 0.25) is 0 Å². The van der Waals surface area contributed by atoms with Crippen molar-refractivity contribution in [3.8, 4) is 0 Å². The highest BCUT2D eigenvalue weighted by molar-refractivity contribution is 14.1. The quantitative estimate of drug-likeness (QED) is 0.683. The van der Waals surface area contributed by atoms with E-state index in [0.29, 0.717) is 0 Å². The number of carbonyl (C=O) groups is 1. The molecule has 1 aliphatic rings. The van der Waals surface area contributed by atoms with Gasteiger partial charge in [-0.2, -0.15) is 0 Å². The van der Waals surface area contributed by atoms with Gasteiger partial charge < -0.3 is 9.64 Å². The summed E-state index contributed by atoms with van der Waals surface area (Å²) < 4.78 is 7.25. The molecule has 0 atom stereocenters. The van der Waals surface area contributed by atoms with Crippen LogP contribution in [0.4, 0.5) is 0 Å². The molecule has 5 heteroatoms. The zero-order valence-corrected chi connectivity index (χ0v) is 13.9. The van der Waals surface area contributed by atoms with Gasteiger partial charge in [0.25, 0.3) is 5.91 Å². The smallest absolute Gasteiger partial charge is 0.255 e. The first kappa shape index (κ1) is 14.3. The summed E-state index contributed by atoms with van der Waals surface area (Å²) in [6, 6.07) is 6.11. The van der Waals surface area contributed by atoms with Crippen LogP contribution in [-0.2, 0) is 4.74 Å². The molecule has 0 N–H and O–H groups in total. The molecule has 1 saturated heterocycles. The Morgan fingerprint density at radius 3 is 2.78 bits per heavy atom. The Morgan fingerprint density at radius 1 is 1.44 bits per heavy atom. The number of hydrogen-bond acceptors (Lipinski definition) is 2. The van der Waals surface area contributed by atoms with Crippen molar-refractivity contribution in [1.29, 1.82) is 0 Å². The minimum atomic E-state index is 0.0762. The van der Waals surface area contributed by atoms with Gasteiger partial charge in [-0.3, -0.25) is 4.79 Å². The van der Waals surface area contributed by atoms with Gasteiger partial charge in [0.15, 0.2) is 0 Å². The zero-order valence-electron chi connectivity index (χ0n) is 10.2. The Bertz CT molecular complexity index is 447. The summed E-state index contributed by atoms with van der Waals surface area (Å²) in [5, 5.41) is 0. The second-order valence-electron chi connectivity index (χ2n) is 4.38. The van der Waals surface area contributed by atoms with Gasteiger partial charge in [0, 0.05) is 34.3 Å². The molecule has 1 aromatic rings. The van der Waals surface area contributed by atoms with Crippen LogP contribution in [0.25, 0.3) is 0 Å². The fourth-order valence-electron chi connectivity index (χ4n) is 2.09. The molecule has 1 aromatic carbocycles. The SMILES string of the molecule is CN(C(=O)c1cc(I)ccc1Br)C1CCOCC1. The minimum Gasteiger partial charge on any atom is -0.381 e. The number of ether oxygens (including phenoxy) is 1. The van der Waals surface area contributed by atoms with E-state index in [-0.39, 0.29) is 11.9 Å². The minimum absolute atomic E-state index is 0.0762. The molecule has 0 radical (unpaired) electrons. The van der Waals surface area contributed by atoms with Crippen LogP contribution in [0, 0.1) is 3.57 Å². The summed E-state index contributed by atoms with van der Waals surface area (Å²) in [6.45, 7) is 1.49. The van der Waals surface area contributed by atoms with Crippen LogP contribution in [-0.4, -0.2) is 37.1 Å². The first-order chi connectivity index (χ1) is 8.59. The van der Waals surface area contributed by atoms with Crippen LogP contribution < -0.4 is 0 Å². The summed E-state index contributed by atoms with van der Waals surface area (Å²) >= 11 is 5.67. The maximum atomic E-state index is 12.5. The number of carbonyl (C=O) groups excluding carboxylic acids is 1.